The third-order valence-electron chi connectivity index (χ3n) is 4.51. The first-order valence-electron chi connectivity index (χ1n) is 8.59. The molecule has 1 aromatic carbocycles. The third kappa shape index (κ3) is 3.40. The van der Waals surface area contributed by atoms with E-state index in [1.165, 1.54) is 6.07 Å². The summed E-state index contributed by atoms with van der Waals surface area (Å²) < 4.78 is 16.5. The van der Waals surface area contributed by atoms with Crippen LogP contribution in [0.15, 0.2) is 33.1 Å². The van der Waals surface area contributed by atoms with Crippen molar-refractivity contribution >= 4 is 22.8 Å². The molecule has 0 aliphatic carbocycles. The van der Waals surface area contributed by atoms with E-state index in [1.54, 1.807) is 27.0 Å². The Hall–Kier alpha value is -3.22. The highest BCUT2D eigenvalue weighted by molar-refractivity contribution is 5.96. The van der Waals surface area contributed by atoms with Gasteiger partial charge in [0.05, 0.1) is 13.2 Å². The number of methoxy groups -OCH3 is 1. The number of carboxylic acids is 1. The molecule has 0 aliphatic heterocycles. The molecule has 0 spiro atoms. The highest BCUT2D eigenvalue weighted by Crippen LogP contribution is 2.32. The molecule has 2 N–H and O–H groups in total. The molecule has 2 aromatic heterocycles. The van der Waals surface area contributed by atoms with Crippen LogP contribution in [0.3, 0.4) is 0 Å². The second-order valence-corrected chi connectivity index (χ2v) is 6.25. The molecular weight excluding hydrogens is 350 g/mol. The minimum absolute atomic E-state index is 0.00214. The summed E-state index contributed by atoms with van der Waals surface area (Å²) in [5, 5.41) is 12.9. The number of fused-ring (bicyclic) bond motifs is 1. The number of carboxylic acid groups (broad SMARTS) is 1. The molecule has 1 atom stereocenters. The second kappa shape index (κ2) is 7.19. The number of hydrogen-bond donors (Lipinski definition) is 2. The quantitative estimate of drug-likeness (QED) is 0.676. The summed E-state index contributed by atoms with van der Waals surface area (Å²) in [4.78, 5) is 23.7. The number of hydrogen-bond acceptors (Lipinski definition) is 5. The minimum Gasteiger partial charge on any atom is -0.497 e. The number of amides is 1. The first kappa shape index (κ1) is 18.6. The zero-order chi connectivity index (χ0) is 19.7. The van der Waals surface area contributed by atoms with Crippen molar-refractivity contribution in [2.45, 2.75) is 33.2 Å². The predicted molar refractivity (Wildman–Crippen MR) is 98.4 cm³/mol. The fourth-order valence-electron chi connectivity index (χ4n) is 3.08. The van der Waals surface area contributed by atoms with Gasteiger partial charge in [0.1, 0.15) is 28.4 Å². The Bertz CT molecular complexity index is 1010. The number of nitrogens with one attached hydrogen (secondary N) is 1. The van der Waals surface area contributed by atoms with Crippen LogP contribution in [0, 0.1) is 6.92 Å². The Labute approximate surface area is 155 Å². The van der Waals surface area contributed by atoms with Gasteiger partial charge in [-0.15, -0.1) is 0 Å². The van der Waals surface area contributed by atoms with Gasteiger partial charge in [-0.2, -0.15) is 0 Å². The van der Waals surface area contributed by atoms with E-state index in [0.29, 0.717) is 17.8 Å². The van der Waals surface area contributed by atoms with Crippen LogP contribution >= 0.6 is 0 Å². The first-order chi connectivity index (χ1) is 12.8. The van der Waals surface area contributed by atoms with Crippen molar-refractivity contribution in [1.82, 2.24) is 5.32 Å². The maximum Gasteiger partial charge on any atom is 0.339 e. The lowest BCUT2D eigenvalue weighted by molar-refractivity contribution is 0.0694. The smallest absolute Gasteiger partial charge is 0.339 e. The van der Waals surface area contributed by atoms with Crippen LogP contribution in [-0.2, 0) is 6.42 Å². The van der Waals surface area contributed by atoms with Crippen LogP contribution in [-0.4, -0.2) is 24.1 Å². The number of carbonyl (C=O) groups is 2. The molecule has 27 heavy (non-hydrogen) atoms. The van der Waals surface area contributed by atoms with Crippen LogP contribution < -0.4 is 10.1 Å². The summed E-state index contributed by atoms with van der Waals surface area (Å²) in [5.41, 5.74) is 1.60. The number of aryl methyl sites for hydroxylation is 2. The zero-order valence-electron chi connectivity index (χ0n) is 15.6. The largest absolute Gasteiger partial charge is 0.497 e. The van der Waals surface area contributed by atoms with E-state index in [0.717, 1.165) is 16.7 Å². The third-order valence-corrected chi connectivity index (χ3v) is 4.51. The van der Waals surface area contributed by atoms with Gasteiger partial charge >= 0.3 is 5.97 Å². The molecule has 0 saturated carbocycles. The highest BCUT2D eigenvalue weighted by Gasteiger charge is 2.23. The lowest BCUT2D eigenvalue weighted by Crippen LogP contribution is -2.26. The van der Waals surface area contributed by atoms with Crippen molar-refractivity contribution in [2.75, 3.05) is 7.11 Å². The van der Waals surface area contributed by atoms with E-state index in [9.17, 15) is 14.7 Å². The van der Waals surface area contributed by atoms with E-state index in [2.05, 4.69) is 5.32 Å². The summed E-state index contributed by atoms with van der Waals surface area (Å²) in [7, 11) is 1.60. The standard InChI is InChI=1S/C20H21NO6/c1-5-15-14(20(23)24)9-17(26-15)19(22)21-11(3)18-10(2)13-8-12(25-4)6-7-16(13)27-18/h6-9,11H,5H2,1-4H3,(H,21,22)(H,23,24). The van der Waals surface area contributed by atoms with Gasteiger partial charge in [0.15, 0.2) is 5.76 Å². The van der Waals surface area contributed by atoms with Crippen LogP contribution in [0.5, 0.6) is 5.75 Å². The number of benzene rings is 1. The van der Waals surface area contributed by atoms with Crippen LogP contribution in [0.1, 0.15) is 57.9 Å². The molecule has 2 heterocycles. The molecule has 1 unspecified atom stereocenters. The molecule has 3 aromatic rings. The van der Waals surface area contributed by atoms with Gasteiger partial charge < -0.3 is 24.0 Å². The van der Waals surface area contributed by atoms with Crippen molar-refractivity contribution in [3.63, 3.8) is 0 Å². The van der Waals surface area contributed by atoms with E-state index in [4.69, 9.17) is 13.6 Å². The summed E-state index contributed by atoms with van der Waals surface area (Å²) in [5.74, 6) is -0.0448. The van der Waals surface area contributed by atoms with Gasteiger partial charge in [0.2, 0.25) is 0 Å². The van der Waals surface area contributed by atoms with Crippen molar-refractivity contribution in [1.29, 1.82) is 0 Å². The SMILES string of the molecule is CCc1oc(C(=O)NC(C)c2oc3ccc(OC)cc3c2C)cc1C(=O)O. The van der Waals surface area contributed by atoms with Gasteiger partial charge in [0, 0.05) is 23.4 Å². The Morgan fingerprint density at radius 3 is 2.59 bits per heavy atom. The maximum atomic E-state index is 12.5. The molecule has 0 saturated heterocycles. The van der Waals surface area contributed by atoms with Gasteiger partial charge in [-0.1, -0.05) is 6.92 Å². The summed E-state index contributed by atoms with van der Waals surface area (Å²) in [6.45, 7) is 5.47. The average Bonchev–Trinajstić information content (AvgIpc) is 3.23. The lowest BCUT2D eigenvalue weighted by Gasteiger charge is -2.11. The van der Waals surface area contributed by atoms with Gasteiger partial charge in [-0.3, -0.25) is 4.79 Å². The normalized spacial score (nSPS) is 12.1. The fourth-order valence-corrected chi connectivity index (χ4v) is 3.08. The van der Waals surface area contributed by atoms with E-state index in [1.807, 2.05) is 19.1 Å². The van der Waals surface area contributed by atoms with Crippen molar-refractivity contribution in [3.05, 3.63) is 52.7 Å². The number of rotatable bonds is 6. The van der Waals surface area contributed by atoms with Gasteiger partial charge in [-0.25, -0.2) is 4.79 Å². The number of furan rings is 2. The molecule has 1 amide bonds. The Morgan fingerprint density at radius 1 is 1.26 bits per heavy atom. The van der Waals surface area contributed by atoms with Crippen LogP contribution in [0.25, 0.3) is 11.0 Å². The van der Waals surface area contributed by atoms with E-state index < -0.39 is 17.9 Å². The Kier molecular flexibility index (Phi) is 4.94. The Balaban J connectivity index is 1.86. The number of aromatic carboxylic acids is 1. The van der Waals surface area contributed by atoms with Crippen LogP contribution in [0.4, 0.5) is 0 Å². The molecular formula is C20H21NO6. The highest BCUT2D eigenvalue weighted by atomic mass is 16.5. The predicted octanol–water partition coefficient (Wildman–Crippen LogP) is 4.09. The molecule has 7 heteroatoms. The summed E-state index contributed by atoms with van der Waals surface area (Å²) in [6, 6.07) is 6.32. The fraction of sp³-hybridized carbons (Fsp3) is 0.300. The van der Waals surface area contributed by atoms with Crippen LogP contribution in [0.2, 0.25) is 0 Å². The maximum absolute atomic E-state index is 12.5. The first-order valence-corrected chi connectivity index (χ1v) is 8.59. The zero-order valence-corrected chi connectivity index (χ0v) is 15.6. The second-order valence-electron chi connectivity index (χ2n) is 6.25. The molecule has 0 bridgehead atoms. The lowest BCUT2D eigenvalue weighted by atomic mass is 10.1. The average molecular weight is 371 g/mol. The van der Waals surface area contributed by atoms with Gasteiger partial charge in [0.25, 0.3) is 5.91 Å². The molecule has 7 nitrogen and oxygen atoms in total. The van der Waals surface area contributed by atoms with Crippen molar-refractivity contribution in [2.24, 2.45) is 0 Å². The Morgan fingerprint density at radius 2 is 2.00 bits per heavy atom. The molecule has 0 fully saturated rings. The monoisotopic (exact) mass is 371 g/mol. The van der Waals surface area contributed by atoms with Crippen molar-refractivity contribution in [3.8, 4) is 5.75 Å². The summed E-state index contributed by atoms with van der Waals surface area (Å²) >= 11 is 0. The molecule has 0 aliphatic rings. The van der Waals surface area contributed by atoms with E-state index in [-0.39, 0.29) is 17.1 Å². The molecule has 3 rings (SSSR count). The van der Waals surface area contributed by atoms with Gasteiger partial charge in [-0.05, 0) is 32.0 Å². The number of carbonyl (C=O) groups excluding carboxylic acids is 1. The topological polar surface area (TPSA) is 102 Å². The summed E-state index contributed by atoms with van der Waals surface area (Å²) in [6.07, 6.45) is 0.384. The van der Waals surface area contributed by atoms with E-state index >= 15 is 0 Å². The molecule has 142 valence electrons. The minimum atomic E-state index is -1.12. The number of ether oxygens (including phenoxy) is 1. The molecule has 0 radical (unpaired) electrons. The van der Waals surface area contributed by atoms with Crippen molar-refractivity contribution < 1.29 is 28.3 Å².